The number of hydrogen-bond acceptors (Lipinski definition) is 6. The normalized spacial score (nSPS) is 24.7. The van der Waals surface area contributed by atoms with Gasteiger partial charge < -0.3 is 15.5 Å². The highest BCUT2D eigenvalue weighted by molar-refractivity contribution is 5.77. The molecule has 8 nitrogen and oxygen atoms in total. The lowest BCUT2D eigenvalue weighted by Gasteiger charge is -2.36. The first kappa shape index (κ1) is 15.3. The number of rotatable bonds is 3. The summed E-state index contributed by atoms with van der Waals surface area (Å²) in [4.78, 5) is 16.7. The fraction of sp³-hybridized carbons (Fsp3) is 0.625. The molecule has 0 radical (unpaired) electrons. The van der Waals surface area contributed by atoms with Crippen LogP contribution in [0.15, 0.2) is 18.5 Å². The number of anilines is 1. The molecule has 8 heteroatoms. The largest absolute Gasteiger partial charge is 0.352 e. The van der Waals surface area contributed by atoms with Crippen molar-refractivity contribution in [3.8, 4) is 0 Å². The Bertz CT molecular complexity index is 722. The van der Waals surface area contributed by atoms with E-state index < -0.39 is 0 Å². The molecule has 0 spiro atoms. The molecule has 2 aromatic rings. The maximum Gasteiger partial charge on any atom is 0.223 e. The second-order valence-electron chi connectivity index (χ2n) is 6.75. The minimum Gasteiger partial charge on any atom is -0.352 e. The summed E-state index contributed by atoms with van der Waals surface area (Å²) in [5.74, 6) is 1.51. The summed E-state index contributed by atoms with van der Waals surface area (Å²) in [6.07, 6.45) is 5.51. The lowest BCUT2D eigenvalue weighted by Crippen LogP contribution is -2.49. The van der Waals surface area contributed by atoms with E-state index in [9.17, 15) is 4.79 Å². The van der Waals surface area contributed by atoms with E-state index in [1.165, 1.54) is 0 Å². The number of nitrogens with zero attached hydrogens (tertiary/aromatic N) is 6. The predicted molar refractivity (Wildman–Crippen MR) is 89.5 cm³/mol. The van der Waals surface area contributed by atoms with Crippen molar-refractivity contribution >= 4 is 17.4 Å². The van der Waals surface area contributed by atoms with Crippen LogP contribution in [0, 0.1) is 5.92 Å². The predicted octanol–water partition coefficient (Wildman–Crippen LogP) is 0.290. The van der Waals surface area contributed by atoms with Gasteiger partial charge in [-0.1, -0.05) is 6.42 Å². The lowest BCUT2D eigenvalue weighted by atomic mass is 9.99. The fourth-order valence-electron chi connectivity index (χ4n) is 3.74. The number of aromatic nitrogens is 4. The first-order valence-electron chi connectivity index (χ1n) is 8.66. The Labute approximate surface area is 140 Å². The Morgan fingerprint density at radius 3 is 2.79 bits per heavy atom. The molecule has 1 saturated carbocycles. The van der Waals surface area contributed by atoms with Crippen molar-refractivity contribution in [3.63, 3.8) is 0 Å². The lowest BCUT2D eigenvalue weighted by molar-refractivity contribution is -0.132. The molecule has 0 unspecified atom stereocenters. The number of nitrogens with two attached hydrogens (primary N) is 1. The van der Waals surface area contributed by atoms with E-state index in [1.54, 1.807) is 10.8 Å². The van der Waals surface area contributed by atoms with Crippen LogP contribution in [0.3, 0.4) is 0 Å². The van der Waals surface area contributed by atoms with E-state index in [0.29, 0.717) is 12.3 Å². The Morgan fingerprint density at radius 1 is 1.21 bits per heavy atom. The molecule has 2 atom stereocenters. The third-order valence-electron chi connectivity index (χ3n) is 5.26. The molecule has 1 amide bonds. The van der Waals surface area contributed by atoms with Gasteiger partial charge >= 0.3 is 0 Å². The van der Waals surface area contributed by atoms with E-state index in [1.807, 2.05) is 17.0 Å². The van der Waals surface area contributed by atoms with Crippen molar-refractivity contribution in [1.82, 2.24) is 24.7 Å². The summed E-state index contributed by atoms with van der Waals surface area (Å²) in [5, 5.41) is 12.3. The van der Waals surface area contributed by atoms with Gasteiger partial charge in [0.1, 0.15) is 12.1 Å². The van der Waals surface area contributed by atoms with Gasteiger partial charge in [0.05, 0.1) is 0 Å². The Hall–Kier alpha value is -2.22. The standard InChI is InChI=1S/C16H23N7O/c17-13-3-1-2-12(13)10-16(24)22-8-6-21(7-9-22)15-5-4-14-19-18-11-23(14)20-15/h4-5,11-13H,1-3,6-10,17H2/t12-,13+/m0/s1. The van der Waals surface area contributed by atoms with Gasteiger partial charge in [-0.05, 0) is 30.9 Å². The first-order chi connectivity index (χ1) is 11.7. The number of carbonyl (C=O) groups excluding carboxylic acids is 1. The molecule has 0 aromatic carbocycles. The SMILES string of the molecule is N[C@@H]1CCC[C@H]1CC(=O)N1CCN(c2ccc3nncn3n2)CC1. The van der Waals surface area contributed by atoms with Crippen LogP contribution < -0.4 is 10.6 Å². The Balaban J connectivity index is 1.35. The van der Waals surface area contributed by atoms with Crippen LogP contribution in [-0.2, 0) is 4.79 Å². The second kappa shape index (κ2) is 6.35. The molecule has 3 heterocycles. The minimum atomic E-state index is 0.204. The van der Waals surface area contributed by atoms with Crippen molar-refractivity contribution in [3.05, 3.63) is 18.5 Å². The van der Waals surface area contributed by atoms with Gasteiger partial charge in [-0.25, -0.2) is 0 Å². The summed E-state index contributed by atoms with van der Waals surface area (Å²) < 4.78 is 1.67. The van der Waals surface area contributed by atoms with Gasteiger partial charge in [0.15, 0.2) is 5.65 Å². The number of amides is 1. The summed E-state index contributed by atoms with van der Waals surface area (Å²) in [6.45, 7) is 3.07. The molecular weight excluding hydrogens is 306 g/mol. The van der Waals surface area contributed by atoms with Gasteiger partial charge in [0.25, 0.3) is 0 Å². The highest BCUT2D eigenvalue weighted by atomic mass is 16.2. The van der Waals surface area contributed by atoms with Crippen molar-refractivity contribution in [2.24, 2.45) is 11.7 Å². The van der Waals surface area contributed by atoms with Crippen LogP contribution in [0.2, 0.25) is 0 Å². The maximum atomic E-state index is 12.5. The average Bonchev–Trinajstić information content (AvgIpc) is 3.23. The third-order valence-corrected chi connectivity index (χ3v) is 5.26. The van der Waals surface area contributed by atoms with Crippen LogP contribution in [0.5, 0.6) is 0 Å². The van der Waals surface area contributed by atoms with Crippen molar-refractivity contribution < 1.29 is 4.79 Å². The molecule has 128 valence electrons. The molecule has 2 N–H and O–H groups in total. The number of carbonyl (C=O) groups is 1. The Morgan fingerprint density at radius 2 is 2.04 bits per heavy atom. The van der Waals surface area contributed by atoms with Crippen LogP contribution >= 0.6 is 0 Å². The molecule has 0 bridgehead atoms. The zero-order valence-electron chi connectivity index (χ0n) is 13.7. The highest BCUT2D eigenvalue weighted by Gasteiger charge is 2.29. The molecule has 2 fully saturated rings. The zero-order valence-corrected chi connectivity index (χ0v) is 13.7. The Kier molecular flexibility index (Phi) is 4.05. The molecule has 2 aliphatic rings. The quantitative estimate of drug-likeness (QED) is 0.870. The number of hydrogen-bond donors (Lipinski definition) is 1. The van der Waals surface area contributed by atoms with E-state index in [4.69, 9.17) is 5.73 Å². The van der Waals surface area contributed by atoms with Gasteiger partial charge in [0.2, 0.25) is 5.91 Å². The van der Waals surface area contributed by atoms with Gasteiger partial charge in [-0.15, -0.1) is 15.3 Å². The summed E-state index contributed by atoms with van der Waals surface area (Å²) >= 11 is 0. The molecule has 4 rings (SSSR count). The molecule has 1 saturated heterocycles. The fourth-order valence-corrected chi connectivity index (χ4v) is 3.74. The second-order valence-corrected chi connectivity index (χ2v) is 6.75. The molecule has 2 aromatic heterocycles. The van der Waals surface area contributed by atoms with Crippen molar-refractivity contribution in [2.45, 2.75) is 31.7 Å². The minimum absolute atomic E-state index is 0.204. The summed E-state index contributed by atoms with van der Waals surface area (Å²) in [7, 11) is 0. The highest BCUT2D eigenvalue weighted by Crippen LogP contribution is 2.27. The topological polar surface area (TPSA) is 92.7 Å². The molecule has 1 aliphatic carbocycles. The van der Waals surface area contributed by atoms with E-state index in [0.717, 1.165) is 56.9 Å². The maximum absolute atomic E-state index is 12.5. The third kappa shape index (κ3) is 2.93. The number of piperazine rings is 1. The van der Waals surface area contributed by atoms with E-state index in [2.05, 4.69) is 20.2 Å². The molecular formula is C16H23N7O. The van der Waals surface area contributed by atoms with Gasteiger partial charge in [-0.2, -0.15) is 4.52 Å². The monoisotopic (exact) mass is 329 g/mol. The van der Waals surface area contributed by atoms with Crippen molar-refractivity contribution in [1.29, 1.82) is 0 Å². The average molecular weight is 329 g/mol. The zero-order chi connectivity index (χ0) is 16.5. The van der Waals surface area contributed by atoms with Crippen LogP contribution in [0.25, 0.3) is 5.65 Å². The van der Waals surface area contributed by atoms with Gasteiger partial charge in [0, 0.05) is 38.6 Å². The first-order valence-corrected chi connectivity index (χ1v) is 8.66. The summed E-state index contributed by atoms with van der Waals surface area (Å²) in [5.41, 5.74) is 6.83. The van der Waals surface area contributed by atoms with Crippen LogP contribution in [-0.4, -0.2) is 62.8 Å². The van der Waals surface area contributed by atoms with Crippen molar-refractivity contribution in [2.75, 3.05) is 31.1 Å². The molecule has 1 aliphatic heterocycles. The van der Waals surface area contributed by atoms with E-state index >= 15 is 0 Å². The van der Waals surface area contributed by atoms with Crippen LogP contribution in [0.1, 0.15) is 25.7 Å². The van der Waals surface area contributed by atoms with E-state index in [-0.39, 0.29) is 11.9 Å². The smallest absolute Gasteiger partial charge is 0.223 e. The summed E-state index contributed by atoms with van der Waals surface area (Å²) in [6, 6.07) is 4.07. The van der Waals surface area contributed by atoms with Crippen LogP contribution in [0.4, 0.5) is 5.82 Å². The van der Waals surface area contributed by atoms with Gasteiger partial charge in [-0.3, -0.25) is 4.79 Å². The molecule has 24 heavy (non-hydrogen) atoms. The number of fused-ring (bicyclic) bond motifs is 1.